The normalized spacial score (nSPS) is 11.0. The number of carbonyl (C=O) groups excluding carboxylic acids is 1. The zero-order chi connectivity index (χ0) is 29.3. The first-order chi connectivity index (χ1) is 19.0. The number of fused-ring (bicyclic) bond motifs is 1. The van der Waals surface area contributed by atoms with E-state index in [4.69, 9.17) is 9.47 Å². The van der Waals surface area contributed by atoms with Crippen LogP contribution in [0.4, 0.5) is 29.1 Å². The first kappa shape index (κ1) is 28.0. The number of rotatable bonds is 8. The molecule has 0 saturated heterocycles. The largest absolute Gasteiger partial charge is 0.497 e. The lowest BCUT2D eigenvalue weighted by atomic mass is 10.0. The van der Waals surface area contributed by atoms with Crippen molar-refractivity contribution in [1.82, 2.24) is 9.55 Å². The van der Waals surface area contributed by atoms with Gasteiger partial charge in [0.25, 0.3) is 0 Å². The first-order valence-corrected chi connectivity index (χ1v) is 11.6. The van der Waals surface area contributed by atoms with Crippen LogP contribution in [0.2, 0.25) is 0 Å². The van der Waals surface area contributed by atoms with Gasteiger partial charge >= 0.3 is 11.7 Å². The Labute approximate surface area is 222 Å². The molecule has 0 aliphatic heterocycles. The minimum absolute atomic E-state index is 0.0162. The van der Waals surface area contributed by atoms with E-state index in [0.717, 1.165) is 13.1 Å². The second kappa shape index (κ2) is 11.0. The number of carbonyl (C=O) groups is 1. The maximum atomic E-state index is 15.2. The molecule has 208 valence electrons. The van der Waals surface area contributed by atoms with E-state index < -0.39 is 78.9 Å². The maximum Gasteiger partial charge on any atom is 0.343 e. The van der Waals surface area contributed by atoms with Crippen LogP contribution in [-0.4, -0.2) is 34.2 Å². The molecule has 0 aliphatic carbocycles. The molecule has 4 rings (SSSR count). The van der Waals surface area contributed by atoms with Crippen LogP contribution in [0, 0.1) is 40.3 Å². The molecule has 4 aromatic rings. The van der Waals surface area contributed by atoms with Gasteiger partial charge in [0.05, 0.1) is 24.2 Å². The Morgan fingerprint density at radius 3 is 2.40 bits per heavy atom. The summed E-state index contributed by atoms with van der Waals surface area (Å²) in [6, 6.07) is 7.10. The highest BCUT2D eigenvalue weighted by Gasteiger charge is 2.33. The van der Waals surface area contributed by atoms with Crippen LogP contribution in [0.15, 0.2) is 41.3 Å². The van der Waals surface area contributed by atoms with Crippen LogP contribution >= 0.6 is 0 Å². The number of nitrogens with zero attached hydrogens (tertiary/aromatic N) is 3. The molecule has 0 unspecified atom stereocenters. The van der Waals surface area contributed by atoms with Gasteiger partial charge in [-0.3, -0.25) is 19.5 Å². The second-order valence-corrected chi connectivity index (χ2v) is 8.37. The summed E-state index contributed by atoms with van der Waals surface area (Å²) in [5.41, 5.74) is -4.37. The lowest BCUT2D eigenvalue weighted by Gasteiger charge is -2.17. The molecule has 0 bridgehead atoms. The third-order valence-electron chi connectivity index (χ3n) is 5.97. The molecule has 2 aromatic heterocycles. The summed E-state index contributed by atoms with van der Waals surface area (Å²) < 4.78 is 70.0. The van der Waals surface area contributed by atoms with Gasteiger partial charge < -0.3 is 14.8 Å². The van der Waals surface area contributed by atoms with Gasteiger partial charge in [0.1, 0.15) is 16.7 Å². The minimum atomic E-state index is -1.95. The summed E-state index contributed by atoms with van der Waals surface area (Å²) in [5, 5.41) is 13.4. The third-order valence-corrected chi connectivity index (χ3v) is 5.97. The standard InChI is InChI=1S/C26H20F4N4O6/c1-4-40-26(36)15-11-33(21-12(2)19(29)20(30)22(34(37)38)18(21)23(15)35)25-17(28)9-16(27)24(32-25)31-10-13-5-7-14(39-3)8-6-13/h5-9,11H,4,10H2,1-3H3,(H,31,32). The van der Waals surface area contributed by atoms with Crippen molar-refractivity contribution in [1.29, 1.82) is 0 Å². The summed E-state index contributed by atoms with van der Waals surface area (Å²) >= 11 is 0. The number of methoxy groups -OCH3 is 1. The highest BCUT2D eigenvalue weighted by molar-refractivity contribution is 5.98. The number of pyridine rings is 2. The average molecular weight is 560 g/mol. The number of anilines is 1. The van der Waals surface area contributed by atoms with E-state index in [1.54, 1.807) is 24.3 Å². The Morgan fingerprint density at radius 1 is 1.12 bits per heavy atom. The number of esters is 1. The van der Waals surface area contributed by atoms with E-state index in [-0.39, 0.29) is 13.2 Å². The van der Waals surface area contributed by atoms with E-state index in [0.29, 0.717) is 21.9 Å². The summed E-state index contributed by atoms with van der Waals surface area (Å²) in [6.07, 6.45) is 0.729. The second-order valence-electron chi connectivity index (χ2n) is 8.37. The fraction of sp³-hybridized carbons (Fsp3) is 0.192. The van der Waals surface area contributed by atoms with E-state index >= 15 is 4.39 Å². The Kier molecular flexibility index (Phi) is 7.70. The van der Waals surface area contributed by atoms with Crippen LogP contribution in [0.3, 0.4) is 0 Å². The topological polar surface area (TPSA) is 126 Å². The van der Waals surface area contributed by atoms with Crippen molar-refractivity contribution in [3.05, 3.63) is 96.8 Å². The SMILES string of the molecule is CCOC(=O)c1cn(-c2nc(NCc3ccc(OC)cc3)c(F)cc2F)c2c(C)c(F)c(F)c([N+](=O)[O-])c2c1=O. The molecule has 0 saturated carbocycles. The number of halogens is 4. The number of hydrogen-bond acceptors (Lipinski definition) is 8. The molecule has 2 heterocycles. The Hall–Kier alpha value is -5.01. The van der Waals surface area contributed by atoms with Crippen molar-refractivity contribution < 1.29 is 36.8 Å². The van der Waals surface area contributed by atoms with E-state index in [9.17, 15) is 32.9 Å². The molecule has 0 atom stereocenters. The molecule has 0 spiro atoms. The van der Waals surface area contributed by atoms with Crippen molar-refractivity contribution in [3.8, 4) is 11.6 Å². The van der Waals surface area contributed by atoms with Crippen molar-refractivity contribution in [2.45, 2.75) is 20.4 Å². The van der Waals surface area contributed by atoms with Gasteiger partial charge in [0.15, 0.2) is 29.1 Å². The molecule has 0 radical (unpaired) electrons. The van der Waals surface area contributed by atoms with Gasteiger partial charge in [-0.15, -0.1) is 0 Å². The van der Waals surface area contributed by atoms with Crippen LogP contribution in [0.25, 0.3) is 16.7 Å². The zero-order valence-electron chi connectivity index (χ0n) is 21.2. The summed E-state index contributed by atoms with van der Waals surface area (Å²) in [7, 11) is 1.48. The summed E-state index contributed by atoms with van der Waals surface area (Å²) in [5.74, 6) is -8.02. The molecule has 40 heavy (non-hydrogen) atoms. The molecule has 10 nitrogen and oxygen atoms in total. The van der Waals surface area contributed by atoms with Crippen LogP contribution in [0.1, 0.15) is 28.4 Å². The Bertz CT molecular complexity index is 1720. The molecule has 2 aromatic carbocycles. The van der Waals surface area contributed by atoms with Crippen molar-refractivity contribution in [2.24, 2.45) is 0 Å². The summed E-state index contributed by atoms with van der Waals surface area (Å²) in [6.45, 7) is 2.22. The lowest BCUT2D eigenvalue weighted by molar-refractivity contribution is -0.386. The van der Waals surface area contributed by atoms with Gasteiger partial charge in [-0.25, -0.2) is 22.9 Å². The van der Waals surface area contributed by atoms with Crippen LogP contribution < -0.4 is 15.5 Å². The van der Waals surface area contributed by atoms with Crippen molar-refractivity contribution in [3.63, 3.8) is 0 Å². The van der Waals surface area contributed by atoms with E-state index in [2.05, 4.69) is 10.3 Å². The van der Waals surface area contributed by atoms with Crippen molar-refractivity contribution >= 4 is 28.4 Å². The number of nitro groups is 1. The number of ether oxygens (including phenoxy) is 2. The van der Waals surface area contributed by atoms with E-state index in [1.165, 1.54) is 14.0 Å². The number of aryl methyl sites for hydroxylation is 1. The first-order valence-electron chi connectivity index (χ1n) is 11.6. The maximum absolute atomic E-state index is 15.2. The number of benzene rings is 2. The van der Waals surface area contributed by atoms with E-state index in [1.807, 2.05) is 0 Å². The van der Waals surface area contributed by atoms with Gasteiger partial charge in [0.2, 0.25) is 11.2 Å². The quantitative estimate of drug-likeness (QED) is 0.139. The molecular formula is C26H20F4N4O6. The van der Waals surface area contributed by atoms with Crippen LogP contribution in [-0.2, 0) is 11.3 Å². The third kappa shape index (κ3) is 4.90. The monoisotopic (exact) mass is 560 g/mol. The molecule has 1 N–H and O–H groups in total. The molecule has 14 heteroatoms. The molecule has 0 amide bonds. The Balaban J connectivity index is 1.99. The number of hydrogen-bond donors (Lipinski definition) is 1. The fourth-order valence-electron chi connectivity index (χ4n) is 4.06. The fourth-order valence-corrected chi connectivity index (χ4v) is 4.06. The van der Waals surface area contributed by atoms with Crippen LogP contribution in [0.5, 0.6) is 5.75 Å². The number of aromatic nitrogens is 2. The zero-order valence-corrected chi connectivity index (χ0v) is 21.2. The van der Waals surface area contributed by atoms with Gasteiger partial charge in [-0.05, 0) is 31.5 Å². The number of nitrogens with one attached hydrogen (secondary N) is 1. The molecule has 0 fully saturated rings. The highest BCUT2D eigenvalue weighted by Crippen LogP contribution is 2.34. The van der Waals surface area contributed by atoms with Gasteiger partial charge in [0, 0.05) is 24.4 Å². The molecular weight excluding hydrogens is 540 g/mol. The van der Waals surface area contributed by atoms with Gasteiger partial charge in [-0.1, -0.05) is 12.1 Å². The predicted molar refractivity (Wildman–Crippen MR) is 135 cm³/mol. The highest BCUT2D eigenvalue weighted by atomic mass is 19.2. The Morgan fingerprint density at radius 2 is 1.80 bits per heavy atom. The van der Waals surface area contributed by atoms with Crippen molar-refractivity contribution in [2.75, 3.05) is 19.0 Å². The van der Waals surface area contributed by atoms with Gasteiger partial charge in [-0.2, -0.15) is 4.39 Å². The predicted octanol–water partition coefficient (Wildman–Crippen LogP) is 4.96. The summed E-state index contributed by atoms with van der Waals surface area (Å²) in [4.78, 5) is 40.0. The minimum Gasteiger partial charge on any atom is -0.497 e. The number of nitro benzene ring substituents is 1. The average Bonchev–Trinajstić information content (AvgIpc) is 2.92. The smallest absolute Gasteiger partial charge is 0.343 e. The lowest BCUT2D eigenvalue weighted by Crippen LogP contribution is -2.23. The molecule has 0 aliphatic rings.